The predicted molar refractivity (Wildman–Crippen MR) is 80.8 cm³/mol. The molecule has 0 aliphatic heterocycles. The van der Waals surface area contributed by atoms with E-state index in [0.717, 1.165) is 5.56 Å². The summed E-state index contributed by atoms with van der Waals surface area (Å²) in [4.78, 5) is 0. The lowest BCUT2D eigenvalue weighted by Crippen LogP contribution is -2.32. The average Bonchev–Trinajstić information content (AvgIpc) is 2.29. The van der Waals surface area contributed by atoms with Gasteiger partial charge in [-0.1, -0.05) is 11.6 Å². The molecule has 0 radical (unpaired) electrons. The maximum absolute atomic E-state index is 12.0. The topological polar surface area (TPSA) is 63.6 Å². The van der Waals surface area contributed by atoms with Crippen molar-refractivity contribution < 1.29 is 18.3 Å². The standard InChI is InChI=1S/C15H24O4S/c1-11-6-7-14(13(10-11)12(2)16)19-8-9-20(17,18)15(3,4)5/h6-7,10,12,16H,8-9H2,1-5H3/t12-/m1/s1. The Morgan fingerprint density at radius 2 is 1.90 bits per heavy atom. The van der Waals surface area contributed by atoms with Crippen LogP contribution in [-0.4, -0.2) is 30.6 Å². The van der Waals surface area contributed by atoms with E-state index in [4.69, 9.17) is 4.74 Å². The SMILES string of the molecule is Cc1ccc(OCCS(=O)(=O)C(C)(C)C)c([C@@H](C)O)c1. The Labute approximate surface area is 121 Å². The number of aryl methyl sites for hydroxylation is 1. The molecular formula is C15H24O4S. The van der Waals surface area contributed by atoms with Crippen molar-refractivity contribution in [3.05, 3.63) is 29.3 Å². The number of hydrogen-bond donors (Lipinski definition) is 1. The molecule has 0 heterocycles. The van der Waals surface area contributed by atoms with Crippen molar-refractivity contribution in [3.8, 4) is 5.75 Å². The van der Waals surface area contributed by atoms with E-state index in [-0.39, 0.29) is 12.4 Å². The molecule has 0 saturated heterocycles. The maximum atomic E-state index is 12.0. The summed E-state index contributed by atoms with van der Waals surface area (Å²) < 4.78 is 28.7. The lowest BCUT2D eigenvalue weighted by molar-refractivity contribution is 0.192. The van der Waals surface area contributed by atoms with Crippen LogP contribution in [-0.2, 0) is 9.84 Å². The Morgan fingerprint density at radius 1 is 1.30 bits per heavy atom. The number of aliphatic hydroxyl groups excluding tert-OH is 1. The molecule has 1 aromatic rings. The maximum Gasteiger partial charge on any atom is 0.158 e. The van der Waals surface area contributed by atoms with E-state index in [1.165, 1.54) is 0 Å². The predicted octanol–water partition coefficient (Wildman–Crippen LogP) is 2.64. The fraction of sp³-hybridized carbons (Fsp3) is 0.600. The van der Waals surface area contributed by atoms with Crippen molar-refractivity contribution in [2.24, 2.45) is 0 Å². The van der Waals surface area contributed by atoms with Gasteiger partial charge >= 0.3 is 0 Å². The molecule has 0 aliphatic rings. The van der Waals surface area contributed by atoms with Crippen molar-refractivity contribution in [2.45, 2.75) is 45.5 Å². The van der Waals surface area contributed by atoms with Gasteiger partial charge in [0, 0.05) is 5.56 Å². The van der Waals surface area contributed by atoms with Crippen molar-refractivity contribution in [2.75, 3.05) is 12.4 Å². The van der Waals surface area contributed by atoms with Crippen LogP contribution in [0.4, 0.5) is 0 Å². The van der Waals surface area contributed by atoms with Crippen LogP contribution >= 0.6 is 0 Å². The van der Waals surface area contributed by atoms with Gasteiger partial charge in [-0.15, -0.1) is 0 Å². The highest BCUT2D eigenvalue weighted by Crippen LogP contribution is 2.26. The molecule has 1 rings (SSSR count). The molecule has 0 amide bonds. The Bertz CT molecular complexity index is 554. The summed E-state index contributed by atoms with van der Waals surface area (Å²) in [7, 11) is -3.20. The Kier molecular flexibility index (Phi) is 5.21. The first-order valence-corrected chi connectivity index (χ1v) is 8.33. The van der Waals surface area contributed by atoms with Gasteiger partial charge in [-0.05, 0) is 46.8 Å². The van der Waals surface area contributed by atoms with Gasteiger partial charge in [0.1, 0.15) is 12.4 Å². The first kappa shape index (κ1) is 17.0. The zero-order valence-corrected chi connectivity index (χ0v) is 13.6. The van der Waals surface area contributed by atoms with Gasteiger partial charge in [0.2, 0.25) is 0 Å². The monoisotopic (exact) mass is 300 g/mol. The van der Waals surface area contributed by atoms with Crippen LogP contribution in [0, 0.1) is 6.92 Å². The zero-order valence-electron chi connectivity index (χ0n) is 12.8. The highest BCUT2D eigenvalue weighted by Gasteiger charge is 2.28. The van der Waals surface area contributed by atoms with E-state index in [2.05, 4.69) is 0 Å². The van der Waals surface area contributed by atoms with E-state index in [1.807, 2.05) is 19.1 Å². The summed E-state index contributed by atoms with van der Waals surface area (Å²) in [6, 6.07) is 5.48. The Balaban J connectivity index is 2.77. The quantitative estimate of drug-likeness (QED) is 0.908. The van der Waals surface area contributed by atoms with Gasteiger partial charge in [0.15, 0.2) is 9.84 Å². The molecule has 0 fully saturated rings. The third kappa shape index (κ3) is 4.21. The highest BCUT2D eigenvalue weighted by molar-refractivity contribution is 7.92. The first-order valence-electron chi connectivity index (χ1n) is 6.68. The minimum Gasteiger partial charge on any atom is -0.492 e. The van der Waals surface area contributed by atoms with Gasteiger partial charge in [-0.3, -0.25) is 0 Å². The van der Waals surface area contributed by atoms with E-state index in [0.29, 0.717) is 11.3 Å². The summed E-state index contributed by atoms with van der Waals surface area (Å²) in [6.45, 7) is 8.70. The van der Waals surface area contributed by atoms with E-state index in [1.54, 1.807) is 33.8 Å². The normalized spacial score (nSPS) is 14.1. The molecule has 20 heavy (non-hydrogen) atoms. The second kappa shape index (κ2) is 6.14. The van der Waals surface area contributed by atoms with E-state index >= 15 is 0 Å². The molecule has 0 aromatic heterocycles. The minimum atomic E-state index is -3.20. The molecule has 0 bridgehead atoms. The lowest BCUT2D eigenvalue weighted by atomic mass is 10.1. The lowest BCUT2D eigenvalue weighted by Gasteiger charge is -2.20. The second-order valence-electron chi connectivity index (χ2n) is 6.00. The molecule has 1 aromatic carbocycles. The van der Waals surface area contributed by atoms with Crippen LogP contribution in [0.25, 0.3) is 0 Å². The van der Waals surface area contributed by atoms with E-state index in [9.17, 15) is 13.5 Å². The van der Waals surface area contributed by atoms with Gasteiger partial charge in [0.05, 0.1) is 16.6 Å². The molecule has 1 N–H and O–H groups in total. The van der Waals surface area contributed by atoms with Crippen molar-refractivity contribution in [3.63, 3.8) is 0 Å². The summed E-state index contributed by atoms with van der Waals surface area (Å²) in [5.74, 6) is 0.499. The molecule has 0 aliphatic carbocycles. The molecule has 0 unspecified atom stereocenters. The number of ether oxygens (including phenoxy) is 1. The number of sulfone groups is 1. The van der Waals surface area contributed by atoms with Gasteiger partial charge in [-0.2, -0.15) is 0 Å². The molecule has 114 valence electrons. The van der Waals surface area contributed by atoms with Crippen LogP contribution in [0.2, 0.25) is 0 Å². The summed E-state index contributed by atoms with van der Waals surface area (Å²) in [5.41, 5.74) is 1.70. The fourth-order valence-electron chi connectivity index (χ4n) is 1.69. The van der Waals surface area contributed by atoms with Gasteiger partial charge < -0.3 is 9.84 Å². The van der Waals surface area contributed by atoms with Crippen LogP contribution in [0.5, 0.6) is 5.75 Å². The number of aliphatic hydroxyl groups is 1. The number of benzene rings is 1. The number of hydrogen-bond acceptors (Lipinski definition) is 4. The molecular weight excluding hydrogens is 276 g/mol. The van der Waals surface area contributed by atoms with Crippen molar-refractivity contribution in [1.82, 2.24) is 0 Å². The zero-order chi connectivity index (χ0) is 15.6. The van der Waals surface area contributed by atoms with Crippen molar-refractivity contribution >= 4 is 9.84 Å². The Hall–Kier alpha value is -1.07. The summed E-state index contributed by atoms with van der Waals surface area (Å²) in [5, 5.41) is 9.72. The molecule has 0 saturated carbocycles. The largest absolute Gasteiger partial charge is 0.492 e. The van der Waals surface area contributed by atoms with E-state index < -0.39 is 20.7 Å². The van der Waals surface area contributed by atoms with Crippen LogP contribution in [0.15, 0.2) is 18.2 Å². The van der Waals surface area contributed by atoms with Gasteiger partial charge in [-0.25, -0.2) is 8.42 Å². The third-order valence-electron chi connectivity index (χ3n) is 3.16. The molecule has 1 atom stereocenters. The minimum absolute atomic E-state index is 0.0381. The first-order chi connectivity index (χ1) is 9.04. The summed E-state index contributed by atoms with van der Waals surface area (Å²) in [6.07, 6.45) is -0.649. The van der Waals surface area contributed by atoms with Crippen LogP contribution in [0.1, 0.15) is 44.9 Å². The third-order valence-corrected chi connectivity index (χ3v) is 5.73. The molecule has 0 spiro atoms. The number of rotatable bonds is 5. The highest BCUT2D eigenvalue weighted by atomic mass is 32.2. The summed E-state index contributed by atoms with van der Waals surface area (Å²) >= 11 is 0. The molecule has 4 nitrogen and oxygen atoms in total. The Morgan fingerprint density at radius 3 is 2.40 bits per heavy atom. The average molecular weight is 300 g/mol. The van der Waals surface area contributed by atoms with Crippen LogP contribution in [0.3, 0.4) is 0 Å². The van der Waals surface area contributed by atoms with Gasteiger partial charge in [0.25, 0.3) is 0 Å². The van der Waals surface area contributed by atoms with Crippen molar-refractivity contribution in [1.29, 1.82) is 0 Å². The molecule has 5 heteroatoms. The smallest absolute Gasteiger partial charge is 0.158 e. The van der Waals surface area contributed by atoms with Crippen LogP contribution < -0.4 is 4.74 Å². The second-order valence-corrected chi connectivity index (χ2v) is 8.86. The fourth-order valence-corrected chi connectivity index (χ4v) is 2.61.